The van der Waals surface area contributed by atoms with Gasteiger partial charge >= 0.3 is 0 Å². The maximum absolute atomic E-state index is 11.5. The summed E-state index contributed by atoms with van der Waals surface area (Å²) in [7, 11) is 0. The van der Waals surface area contributed by atoms with Gasteiger partial charge in [-0.15, -0.1) is 0 Å². The van der Waals surface area contributed by atoms with E-state index in [0.29, 0.717) is 11.3 Å². The maximum Gasteiger partial charge on any atom is 0.178 e. The van der Waals surface area contributed by atoms with E-state index in [4.69, 9.17) is 5.73 Å². The molecule has 0 fully saturated rings. The molecule has 0 aliphatic carbocycles. The van der Waals surface area contributed by atoms with E-state index in [1.54, 1.807) is 29.2 Å². The van der Waals surface area contributed by atoms with Gasteiger partial charge in [-0.1, -0.05) is 12.1 Å². The van der Waals surface area contributed by atoms with E-state index >= 15 is 0 Å². The van der Waals surface area contributed by atoms with Crippen molar-refractivity contribution in [3.63, 3.8) is 0 Å². The van der Waals surface area contributed by atoms with Gasteiger partial charge in [-0.25, -0.2) is 9.67 Å². The molecule has 5 nitrogen and oxygen atoms in total. The van der Waals surface area contributed by atoms with E-state index in [0.717, 1.165) is 0 Å². The zero-order valence-electron chi connectivity index (χ0n) is 8.00. The van der Waals surface area contributed by atoms with E-state index in [9.17, 15) is 4.79 Å². The lowest BCUT2D eigenvalue weighted by Gasteiger charge is -2.06. The van der Waals surface area contributed by atoms with Crippen molar-refractivity contribution in [1.29, 1.82) is 0 Å². The fourth-order valence-corrected chi connectivity index (χ4v) is 1.35. The first-order valence-corrected chi connectivity index (χ1v) is 4.50. The van der Waals surface area contributed by atoms with Gasteiger partial charge in [0.1, 0.15) is 12.7 Å². The number of benzene rings is 1. The summed E-state index contributed by atoms with van der Waals surface area (Å²) in [6, 6.07) is 7.16. The van der Waals surface area contributed by atoms with Gasteiger partial charge in [-0.2, -0.15) is 5.10 Å². The second-order valence-corrected chi connectivity index (χ2v) is 2.98. The van der Waals surface area contributed by atoms with Gasteiger partial charge in [0.15, 0.2) is 5.78 Å². The van der Waals surface area contributed by atoms with Gasteiger partial charge in [-0.3, -0.25) is 4.79 Å². The Morgan fingerprint density at radius 1 is 1.40 bits per heavy atom. The summed E-state index contributed by atoms with van der Waals surface area (Å²) in [4.78, 5) is 15.4. The maximum atomic E-state index is 11.5. The summed E-state index contributed by atoms with van der Waals surface area (Å²) in [5.74, 6) is -0.110. The third-order valence-corrected chi connectivity index (χ3v) is 2.06. The standard InChI is InChI=1S/C10H10N4O/c11-5-10(15)8-3-1-2-4-9(8)14-7-12-6-13-14/h1-4,6-7H,5,11H2. The number of ketones is 1. The van der Waals surface area contributed by atoms with Gasteiger partial charge in [0.2, 0.25) is 0 Å². The summed E-state index contributed by atoms with van der Waals surface area (Å²) < 4.78 is 1.54. The summed E-state index contributed by atoms with van der Waals surface area (Å²) in [6.45, 7) is -0.00822. The summed E-state index contributed by atoms with van der Waals surface area (Å²) in [5, 5.41) is 3.98. The number of Topliss-reactive ketones (excluding diaryl/α,β-unsaturated/α-hetero) is 1. The molecule has 0 amide bonds. The van der Waals surface area contributed by atoms with Crippen LogP contribution in [-0.2, 0) is 0 Å². The predicted octanol–water partition coefficient (Wildman–Crippen LogP) is 0.409. The molecule has 0 aliphatic heterocycles. The Morgan fingerprint density at radius 3 is 2.87 bits per heavy atom. The molecule has 0 radical (unpaired) electrons. The first-order chi connectivity index (χ1) is 7.33. The van der Waals surface area contributed by atoms with E-state index < -0.39 is 0 Å². The van der Waals surface area contributed by atoms with Gasteiger partial charge in [0.25, 0.3) is 0 Å². The van der Waals surface area contributed by atoms with Crippen molar-refractivity contribution in [2.75, 3.05) is 6.54 Å². The van der Waals surface area contributed by atoms with Crippen LogP contribution in [0.4, 0.5) is 0 Å². The van der Waals surface area contributed by atoms with Crippen LogP contribution >= 0.6 is 0 Å². The second kappa shape index (κ2) is 4.02. The number of aromatic nitrogens is 3. The third-order valence-electron chi connectivity index (χ3n) is 2.06. The zero-order chi connectivity index (χ0) is 10.7. The molecule has 0 aliphatic rings. The van der Waals surface area contributed by atoms with Crippen LogP contribution in [-0.4, -0.2) is 27.1 Å². The largest absolute Gasteiger partial charge is 0.324 e. The van der Waals surface area contributed by atoms with Crippen LogP contribution < -0.4 is 5.73 Å². The number of nitrogens with zero attached hydrogens (tertiary/aromatic N) is 3. The van der Waals surface area contributed by atoms with Crippen molar-refractivity contribution in [2.45, 2.75) is 0 Å². The number of hydrogen-bond donors (Lipinski definition) is 1. The quantitative estimate of drug-likeness (QED) is 0.731. The Bertz CT molecular complexity index is 464. The minimum atomic E-state index is -0.110. The van der Waals surface area contributed by atoms with Crippen molar-refractivity contribution >= 4 is 5.78 Å². The Kier molecular flexibility index (Phi) is 2.55. The molecule has 2 aromatic rings. The van der Waals surface area contributed by atoms with E-state index in [2.05, 4.69) is 10.1 Å². The Morgan fingerprint density at radius 2 is 2.20 bits per heavy atom. The first-order valence-electron chi connectivity index (χ1n) is 4.50. The van der Waals surface area contributed by atoms with Crippen molar-refractivity contribution < 1.29 is 4.79 Å². The fourth-order valence-electron chi connectivity index (χ4n) is 1.35. The molecule has 2 rings (SSSR count). The van der Waals surface area contributed by atoms with E-state index in [1.807, 2.05) is 6.07 Å². The minimum absolute atomic E-state index is 0.00822. The number of rotatable bonds is 3. The van der Waals surface area contributed by atoms with Crippen LogP contribution in [0.15, 0.2) is 36.9 Å². The SMILES string of the molecule is NCC(=O)c1ccccc1-n1cncn1. The number of carbonyl (C=O) groups is 1. The van der Waals surface area contributed by atoms with Crippen LogP contribution in [0.5, 0.6) is 0 Å². The van der Waals surface area contributed by atoms with Crippen molar-refractivity contribution in [3.05, 3.63) is 42.5 Å². The van der Waals surface area contributed by atoms with Gasteiger partial charge in [0, 0.05) is 5.56 Å². The highest BCUT2D eigenvalue weighted by molar-refractivity contribution is 6.00. The third kappa shape index (κ3) is 1.77. The highest BCUT2D eigenvalue weighted by Gasteiger charge is 2.10. The van der Waals surface area contributed by atoms with Crippen LogP contribution in [0.2, 0.25) is 0 Å². The normalized spacial score (nSPS) is 10.2. The fraction of sp³-hybridized carbons (Fsp3) is 0.100. The summed E-state index contributed by atoms with van der Waals surface area (Å²) in [6.07, 6.45) is 2.96. The average molecular weight is 202 g/mol. The highest BCUT2D eigenvalue weighted by Crippen LogP contribution is 2.12. The van der Waals surface area contributed by atoms with Crippen molar-refractivity contribution in [2.24, 2.45) is 5.73 Å². The van der Waals surface area contributed by atoms with Crippen LogP contribution in [0, 0.1) is 0 Å². The van der Waals surface area contributed by atoms with Gasteiger partial charge in [-0.05, 0) is 12.1 Å². The molecule has 1 heterocycles. The molecule has 1 aromatic heterocycles. The Balaban J connectivity index is 2.52. The van der Waals surface area contributed by atoms with E-state index in [1.165, 1.54) is 6.33 Å². The molecule has 0 bridgehead atoms. The number of carbonyl (C=O) groups excluding carboxylic acids is 1. The molecule has 76 valence electrons. The molecule has 5 heteroatoms. The average Bonchev–Trinajstić information content (AvgIpc) is 2.81. The summed E-state index contributed by atoms with van der Waals surface area (Å²) >= 11 is 0. The van der Waals surface area contributed by atoms with E-state index in [-0.39, 0.29) is 12.3 Å². The Hall–Kier alpha value is -2.01. The molecule has 0 saturated heterocycles. The first kappa shape index (κ1) is 9.54. The molecule has 1 aromatic carbocycles. The van der Waals surface area contributed by atoms with Crippen molar-refractivity contribution in [3.8, 4) is 5.69 Å². The predicted molar refractivity (Wildman–Crippen MR) is 54.7 cm³/mol. The number of nitrogens with two attached hydrogens (primary N) is 1. The lowest BCUT2D eigenvalue weighted by Crippen LogP contribution is -2.16. The molecular weight excluding hydrogens is 192 g/mol. The smallest absolute Gasteiger partial charge is 0.178 e. The topological polar surface area (TPSA) is 73.8 Å². The van der Waals surface area contributed by atoms with Gasteiger partial charge in [0.05, 0.1) is 12.2 Å². The monoisotopic (exact) mass is 202 g/mol. The minimum Gasteiger partial charge on any atom is -0.324 e. The van der Waals surface area contributed by atoms with Crippen LogP contribution in [0.1, 0.15) is 10.4 Å². The number of para-hydroxylation sites is 1. The molecule has 2 N–H and O–H groups in total. The highest BCUT2D eigenvalue weighted by atomic mass is 16.1. The lowest BCUT2D eigenvalue weighted by molar-refractivity contribution is 0.100. The number of hydrogen-bond acceptors (Lipinski definition) is 4. The lowest BCUT2D eigenvalue weighted by atomic mass is 10.1. The Labute approximate surface area is 86.5 Å². The van der Waals surface area contributed by atoms with Crippen LogP contribution in [0.25, 0.3) is 5.69 Å². The molecule has 0 unspecified atom stereocenters. The van der Waals surface area contributed by atoms with Crippen LogP contribution in [0.3, 0.4) is 0 Å². The molecule has 0 saturated carbocycles. The molecule has 0 spiro atoms. The molecular formula is C10H10N4O. The summed E-state index contributed by atoms with van der Waals surface area (Å²) in [5.41, 5.74) is 6.59. The molecule has 0 atom stereocenters. The molecule has 15 heavy (non-hydrogen) atoms. The van der Waals surface area contributed by atoms with Gasteiger partial charge < -0.3 is 5.73 Å². The second-order valence-electron chi connectivity index (χ2n) is 2.98. The van der Waals surface area contributed by atoms with Crippen molar-refractivity contribution in [1.82, 2.24) is 14.8 Å². The zero-order valence-corrected chi connectivity index (χ0v) is 8.00.